The Bertz CT molecular complexity index is 398. The number of carbonyl (C=O) groups excluding carboxylic acids is 2. The molecule has 8 heteroatoms. The van der Waals surface area contributed by atoms with E-state index in [0.29, 0.717) is 6.42 Å². The van der Waals surface area contributed by atoms with Crippen LogP contribution in [0.4, 0.5) is 0 Å². The van der Waals surface area contributed by atoms with E-state index in [-0.39, 0.29) is 11.8 Å². The largest absolute Gasteiger partial charge is 0.480 e. The van der Waals surface area contributed by atoms with E-state index in [0.717, 1.165) is 0 Å². The van der Waals surface area contributed by atoms with Crippen LogP contribution in [0.1, 0.15) is 34.1 Å². The molecule has 2 amide bonds. The number of carboxylic acid groups (broad SMARTS) is 1. The minimum atomic E-state index is -1.41. The van der Waals surface area contributed by atoms with E-state index in [1.807, 2.05) is 13.8 Å². The van der Waals surface area contributed by atoms with Crippen LogP contribution in [0.2, 0.25) is 0 Å². The predicted octanol–water partition coefficient (Wildman–Crippen LogP) is -0.938. The molecule has 0 rings (SSSR count). The van der Waals surface area contributed by atoms with Crippen LogP contribution in [0.15, 0.2) is 0 Å². The summed E-state index contributed by atoms with van der Waals surface area (Å²) < 4.78 is 0. The Balaban J connectivity index is 4.82. The molecule has 0 aromatic heterocycles. The van der Waals surface area contributed by atoms with Crippen LogP contribution < -0.4 is 16.4 Å². The van der Waals surface area contributed by atoms with Gasteiger partial charge in [-0.15, -0.1) is 0 Å². The van der Waals surface area contributed by atoms with Crippen LogP contribution in [-0.2, 0) is 14.4 Å². The van der Waals surface area contributed by atoms with Crippen molar-refractivity contribution in [1.29, 1.82) is 0 Å². The zero-order chi connectivity index (χ0) is 17.4. The SMILES string of the molecule is CC(C)C[C@H](N)C(=O)N[C@H](C(=O)N[C@@H](CO)C(=O)O)C(C)C. The van der Waals surface area contributed by atoms with Gasteiger partial charge in [0.25, 0.3) is 0 Å². The van der Waals surface area contributed by atoms with E-state index in [1.54, 1.807) is 13.8 Å². The molecule has 0 aliphatic heterocycles. The minimum Gasteiger partial charge on any atom is -0.480 e. The second-order valence-corrected chi connectivity index (χ2v) is 6.05. The number of amides is 2. The first-order chi connectivity index (χ1) is 10.1. The lowest BCUT2D eigenvalue weighted by atomic mass is 10.0. The summed E-state index contributed by atoms with van der Waals surface area (Å²) >= 11 is 0. The van der Waals surface area contributed by atoms with Crippen LogP contribution >= 0.6 is 0 Å². The summed E-state index contributed by atoms with van der Waals surface area (Å²) in [6.07, 6.45) is 0.479. The third-order valence-electron chi connectivity index (χ3n) is 3.11. The molecule has 3 atom stereocenters. The number of carboxylic acids is 1. The molecule has 0 radical (unpaired) electrons. The van der Waals surface area contributed by atoms with Gasteiger partial charge in [0.1, 0.15) is 12.1 Å². The number of aliphatic hydroxyl groups excluding tert-OH is 1. The fourth-order valence-corrected chi connectivity index (χ4v) is 1.86. The average Bonchev–Trinajstić information content (AvgIpc) is 2.39. The maximum atomic E-state index is 12.1. The first-order valence-electron chi connectivity index (χ1n) is 7.30. The van der Waals surface area contributed by atoms with E-state index >= 15 is 0 Å². The van der Waals surface area contributed by atoms with E-state index in [1.165, 1.54) is 0 Å². The highest BCUT2D eigenvalue weighted by atomic mass is 16.4. The molecular weight excluding hydrogens is 290 g/mol. The lowest BCUT2D eigenvalue weighted by molar-refractivity contribution is -0.143. The van der Waals surface area contributed by atoms with Gasteiger partial charge in [0, 0.05) is 0 Å². The Morgan fingerprint density at radius 2 is 1.59 bits per heavy atom. The van der Waals surface area contributed by atoms with Crippen LogP contribution in [0.5, 0.6) is 0 Å². The standard InChI is InChI=1S/C14H27N3O5/c1-7(2)5-9(15)12(19)17-11(8(3)4)13(20)16-10(6-18)14(21)22/h7-11,18H,5-6,15H2,1-4H3,(H,16,20)(H,17,19)(H,21,22)/t9-,10-,11-/m0/s1. The quantitative estimate of drug-likeness (QED) is 0.372. The van der Waals surface area contributed by atoms with Crippen molar-refractivity contribution in [1.82, 2.24) is 10.6 Å². The van der Waals surface area contributed by atoms with Gasteiger partial charge in [-0.2, -0.15) is 0 Å². The van der Waals surface area contributed by atoms with Crippen LogP contribution in [0.3, 0.4) is 0 Å². The Morgan fingerprint density at radius 3 is 1.95 bits per heavy atom. The number of aliphatic hydroxyl groups is 1. The van der Waals surface area contributed by atoms with Crippen LogP contribution in [0, 0.1) is 11.8 Å². The third kappa shape index (κ3) is 6.86. The van der Waals surface area contributed by atoms with Crippen LogP contribution in [0.25, 0.3) is 0 Å². The molecule has 0 saturated heterocycles. The molecule has 0 aliphatic carbocycles. The third-order valence-corrected chi connectivity index (χ3v) is 3.11. The van der Waals surface area contributed by atoms with Crippen molar-refractivity contribution in [3.63, 3.8) is 0 Å². The van der Waals surface area contributed by atoms with Gasteiger partial charge >= 0.3 is 5.97 Å². The molecule has 0 saturated carbocycles. The number of nitrogens with one attached hydrogen (secondary N) is 2. The minimum absolute atomic E-state index is 0.234. The van der Waals surface area contributed by atoms with E-state index in [4.69, 9.17) is 15.9 Å². The van der Waals surface area contributed by atoms with Crippen molar-refractivity contribution in [2.24, 2.45) is 17.6 Å². The number of rotatable bonds is 9. The first-order valence-corrected chi connectivity index (χ1v) is 7.30. The molecule has 0 aromatic rings. The summed E-state index contributed by atoms with van der Waals surface area (Å²) in [4.78, 5) is 34.9. The zero-order valence-electron chi connectivity index (χ0n) is 13.5. The zero-order valence-corrected chi connectivity index (χ0v) is 13.5. The second-order valence-electron chi connectivity index (χ2n) is 6.05. The van der Waals surface area contributed by atoms with Gasteiger partial charge in [-0.1, -0.05) is 27.7 Å². The number of aliphatic carboxylic acids is 1. The van der Waals surface area contributed by atoms with Gasteiger partial charge in [-0.3, -0.25) is 9.59 Å². The lowest BCUT2D eigenvalue weighted by Crippen LogP contribution is -2.57. The molecule has 0 spiro atoms. The highest BCUT2D eigenvalue weighted by Gasteiger charge is 2.29. The lowest BCUT2D eigenvalue weighted by Gasteiger charge is -2.25. The Labute approximate surface area is 130 Å². The summed E-state index contributed by atoms with van der Waals surface area (Å²) in [7, 11) is 0. The molecule has 6 N–H and O–H groups in total. The van der Waals surface area contributed by atoms with Gasteiger partial charge in [-0.05, 0) is 18.3 Å². The van der Waals surface area contributed by atoms with Crippen molar-refractivity contribution >= 4 is 17.8 Å². The summed E-state index contributed by atoms with van der Waals surface area (Å²) in [6.45, 7) is 6.56. The second kappa shape index (κ2) is 9.37. The molecule has 0 heterocycles. The highest BCUT2D eigenvalue weighted by Crippen LogP contribution is 2.06. The van der Waals surface area contributed by atoms with Gasteiger partial charge in [0.15, 0.2) is 0 Å². The van der Waals surface area contributed by atoms with Gasteiger partial charge in [-0.25, -0.2) is 4.79 Å². The molecule has 128 valence electrons. The van der Waals surface area contributed by atoms with E-state index in [2.05, 4.69) is 10.6 Å². The van der Waals surface area contributed by atoms with Crippen molar-refractivity contribution in [3.05, 3.63) is 0 Å². The van der Waals surface area contributed by atoms with Gasteiger partial charge in [0.05, 0.1) is 12.6 Å². The van der Waals surface area contributed by atoms with E-state index < -0.39 is 42.5 Å². The predicted molar refractivity (Wildman–Crippen MR) is 80.9 cm³/mol. The Morgan fingerprint density at radius 1 is 1.05 bits per heavy atom. The fourth-order valence-electron chi connectivity index (χ4n) is 1.86. The maximum Gasteiger partial charge on any atom is 0.328 e. The fraction of sp³-hybridized carbons (Fsp3) is 0.786. The van der Waals surface area contributed by atoms with Crippen LogP contribution in [-0.4, -0.2) is 52.7 Å². The van der Waals surface area contributed by atoms with Crippen molar-refractivity contribution in [2.75, 3.05) is 6.61 Å². The molecule has 0 aliphatic rings. The maximum absolute atomic E-state index is 12.1. The van der Waals surface area contributed by atoms with Gasteiger partial charge in [0.2, 0.25) is 11.8 Å². The molecule has 0 aromatic carbocycles. The summed E-state index contributed by atoms with van der Waals surface area (Å²) in [5.74, 6) is -2.50. The van der Waals surface area contributed by atoms with Crippen molar-refractivity contribution in [2.45, 2.75) is 52.2 Å². The summed E-state index contributed by atoms with van der Waals surface area (Å²) in [5, 5.41) is 22.5. The first kappa shape index (κ1) is 20.3. The average molecular weight is 317 g/mol. The van der Waals surface area contributed by atoms with Crippen molar-refractivity contribution in [3.8, 4) is 0 Å². The molecule has 8 nitrogen and oxygen atoms in total. The molecule has 22 heavy (non-hydrogen) atoms. The molecular formula is C14H27N3O5. The molecule has 0 unspecified atom stereocenters. The monoisotopic (exact) mass is 317 g/mol. The number of hydrogen-bond donors (Lipinski definition) is 5. The number of carbonyl (C=O) groups is 3. The number of nitrogens with two attached hydrogens (primary N) is 1. The van der Waals surface area contributed by atoms with E-state index in [9.17, 15) is 14.4 Å². The Hall–Kier alpha value is -1.67. The summed E-state index contributed by atoms with van der Waals surface area (Å²) in [5.41, 5.74) is 5.76. The molecule has 0 fully saturated rings. The highest BCUT2D eigenvalue weighted by molar-refractivity contribution is 5.91. The smallest absolute Gasteiger partial charge is 0.328 e. The van der Waals surface area contributed by atoms with Gasteiger partial charge < -0.3 is 26.6 Å². The Kier molecular flexibility index (Phi) is 8.66. The molecule has 0 bridgehead atoms. The number of hydrogen-bond acceptors (Lipinski definition) is 5. The summed E-state index contributed by atoms with van der Waals surface area (Å²) in [6, 6.07) is -3.06. The topological polar surface area (TPSA) is 142 Å². The van der Waals surface area contributed by atoms with Crippen molar-refractivity contribution < 1.29 is 24.6 Å². The normalized spacial score (nSPS) is 15.3.